The van der Waals surface area contributed by atoms with Crippen LogP contribution >= 0.6 is 11.6 Å². The van der Waals surface area contributed by atoms with E-state index in [1.165, 1.54) is 48.5 Å². The van der Waals surface area contributed by atoms with Crippen molar-refractivity contribution in [3.63, 3.8) is 0 Å². The number of halogens is 3. The summed E-state index contributed by atoms with van der Waals surface area (Å²) in [7, 11) is 0. The normalized spacial score (nSPS) is 11.8. The summed E-state index contributed by atoms with van der Waals surface area (Å²) in [5.74, 6) is -1.08. The Labute approximate surface area is 201 Å². The van der Waals surface area contributed by atoms with Gasteiger partial charge in [-0.1, -0.05) is 30.7 Å². The Morgan fingerprint density at radius 2 is 2.00 bits per heavy atom. The molecule has 0 spiro atoms. The molecule has 10 heteroatoms. The highest BCUT2D eigenvalue weighted by Gasteiger charge is 2.23. The maximum atomic E-state index is 13.7. The molecule has 0 aliphatic rings. The van der Waals surface area contributed by atoms with Crippen LogP contribution in [-0.4, -0.2) is 34.6 Å². The molecule has 1 radical (unpaired) electrons. The number of hydrogen-bond acceptors (Lipinski definition) is 5. The quantitative estimate of drug-likeness (QED) is 0.401. The highest BCUT2D eigenvalue weighted by molar-refractivity contribution is 6.31. The zero-order valence-corrected chi connectivity index (χ0v) is 19.4. The van der Waals surface area contributed by atoms with E-state index in [0.29, 0.717) is 17.4 Å². The van der Waals surface area contributed by atoms with Crippen molar-refractivity contribution in [1.29, 1.82) is 0 Å². The van der Waals surface area contributed by atoms with Gasteiger partial charge >= 0.3 is 6.09 Å². The van der Waals surface area contributed by atoms with E-state index < -0.39 is 23.8 Å². The first kappa shape index (κ1) is 25.3. The summed E-state index contributed by atoms with van der Waals surface area (Å²) < 4.78 is 32.5. The lowest BCUT2D eigenvalue weighted by Gasteiger charge is -2.31. The Morgan fingerprint density at radius 1 is 1.21 bits per heavy atom. The van der Waals surface area contributed by atoms with Crippen molar-refractivity contribution >= 4 is 40.2 Å². The first-order valence-electron chi connectivity index (χ1n) is 10.5. The second-order valence-corrected chi connectivity index (χ2v) is 7.90. The number of ether oxygens (including phenoxy) is 1. The van der Waals surface area contributed by atoms with E-state index in [4.69, 9.17) is 16.3 Å². The lowest BCUT2D eigenvalue weighted by atomic mass is 10.1. The molecule has 0 aliphatic carbocycles. The van der Waals surface area contributed by atoms with Crippen LogP contribution in [-0.2, 0) is 16.1 Å². The van der Waals surface area contributed by atoms with Crippen LogP contribution in [0.2, 0.25) is 5.02 Å². The van der Waals surface area contributed by atoms with Crippen molar-refractivity contribution in [2.75, 3.05) is 11.9 Å². The second-order valence-electron chi connectivity index (χ2n) is 7.52. The van der Waals surface area contributed by atoms with Crippen LogP contribution in [0.5, 0.6) is 0 Å². The predicted molar refractivity (Wildman–Crippen MR) is 126 cm³/mol. The fourth-order valence-electron chi connectivity index (χ4n) is 3.37. The van der Waals surface area contributed by atoms with Gasteiger partial charge in [-0.2, -0.15) is 0 Å². The molecule has 1 atom stereocenters. The smallest absolute Gasteiger partial charge is 0.412 e. The Morgan fingerprint density at radius 3 is 2.74 bits per heavy atom. The molecule has 2 amide bonds. The zero-order chi connectivity index (χ0) is 24.7. The van der Waals surface area contributed by atoms with Crippen molar-refractivity contribution < 1.29 is 23.1 Å². The largest absolute Gasteiger partial charge is 0.447 e. The van der Waals surface area contributed by atoms with Gasteiger partial charge in [0, 0.05) is 25.1 Å². The first-order chi connectivity index (χ1) is 16.3. The van der Waals surface area contributed by atoms with Gasteiger partial charge in [-0.15, -0.1) is 0 Å². The van der Waals surface area contributed by atoms with Crippen LogP contribution in [0.15, 0.2) is 48.7 Å². The second kappa shape index (κ2) is 11.7. The third-order valence-electron chi connectivity index (χ3n) is 5.00. The number of carbonyl (C=O) groups is 2. The Bertz CT molecular complexity index is 1180. The third-order valence-corrected chi connectivity index (χ3v) is 5.43. The fraction of sp³-hybridized carbons (Fsp3) is 0.250. The average Bonchev–Trinajstić information content (AvgIpc) is 2.79. The van der Waals surface area contributed by atoms with Crippen molar-refractivity contribution in [3.8, 4) is 0 Å². The van der Waals surface area contributed by atoms with E-state index in [9.17, 15) is 18.4 Å². The maximum Gasteiger partial charge on any atom is 0.412 e. The minimum atomic E-state index is -0.777. The molecular weight excluding hydrogens is 466 g/mol. The van der Waals surface area contributed by atoms with Crippen LogP contribution < -0.4 is 10.7 Å². The summed E-state index contributed by atoms with van der Waals surface area (Å²) in [5, 5.41) is 5.09. The standard InChI is InChI=1S/C24H24ClF2N4O3/c1-3-5-20(31(15(2)32)29-13-17-6-4-7-21(27)23(17)25)14-34-24(33)30-22-11-18-10-19(26)9-8-16(18)12-28-22/h3-4,6-12,20,29H,5,13-14H2,1-2H3,(H,28,30,33)/t20-/m0/s1. The van der Waals surface area contributed by atoms with E-state index in [1.807, 2.05) is 13.3 Å². The number of amides is 2. The van der Waals surface area contributed by atoms with Gasteiger partial charge in [0.2, 0.25) is 5.91 Å². The molecule has 179 valence electrons. The molecule has 34 heavy (non-hydrogen) atoms. The molecule has 0 bridgehead atoms. The van der Waals surface area contributed by atoms with Gasteiger partial charge < -0.3 is 4.74 Å². The lowest BCUT2D eigenvalue weighted by molar-refractivity contribution is -0.136. The van der Waals surface area contributed by atoms with Gasteiger partial charge in [-0.3, -0.25) is 15.1 Å². The molecule has 3 rings (SSSR count). The molecule has 0 aliphatic heterocycles. The predicted octanol–water partition coefficient (Wildman–Crippen LogP) is 5.25. The molecule has 0 saturated carbocycles. The number of aromatic nitrogens is 1. The minimum absolute atomic E-state index is 0.0319. The van der Waals surface area contributed by atoms with E-state index in [-0.39, 0.29) is 29.9 Å². The number of fused-ring (bicyclic) bond motifs is 1. The first-order valence-corrected chi connectivity index (χ1v) is 10.9. The summed E-state index contributed by atoms with van der Waals surface area (Å²) >= 11 is 5.99. The van der Waals surface area contributed by atoms with Gasteiger partial charge in [0.25, 0.3) is 0 Å². The highest BCUT2D eigenvalue weighted by atomic mass is 35.5. The van der Waals surface area contributed by atoms with Gasteiger partial charge in [-0.05, 0) is 54.1 Å². The van der Waals surface area contributed by atoms with Gasteiger partial charge in [0.1, 0.15) is 24.1 Å². The summed E-state index contributed by atoms with van der Waals surface area (Å²) in [4.78, 5) is 28.7. The molecular formula is C24H24ClF2N4O3. The Hall–Kier alpha value is -3.30. The van der Waals surface area contributed by atoms with Crippen molar-refractivity contribution in [2.24, 2.45) is 0 Å². The number of pyridine rings is 1. The fourth-order valence-corrected chi connectivity index (χ4v) is 3.56. The van der Waals surface area contributed by atoms with Crippen LogP contribution in [0.25, 0.3) is 10.8 Å². The topological polar surface area (TPSA) is 83.6 Å². The Kier molecular flexibility index (Phi) is 8.72. The molecule has 2 aromatic carbocycles. The number of hydrogen-bond donors (Lipinski definition) is 2. The number of hydrazine groups is 1. The number of benzene rings is 2. The molecule has 1 aromatic heterocycles. The summed E-state index contributed by atoms with van der Waals surface area (Å²) in [5.41, 5.74) is 3.42. The number of carbonyl (C=O) groups excluding carboxylic acids is 2. The van der Waals surface area contributed by atoms with Crippen LogP contribution in [0.4, 0.5) is 19.4 Å². The van der Waals surface area contributed by atoms with Crippen LogP contribution in [0, 0.1) is 18.1 Å². The zero-order valence-electron chi connectivity index (χ0n) is 18.6. The number of rotatable bonds is 9. The van der Waals surface area contributed by atoms with Crippen LogP contribution in [0.1, 0.15) is 25.8 Å². The summed E-state index contributed by atoms with van der Waals surface area (Å²) in [6, 6.07) is 9.67. The lowest BCUT2D eigenvalue weighted by Crippen LogP contribution is -2.50. The van der Waals surface area contributed by atoms with Gasteiger partial charge in [-0.25, -0.2) is 24.0 Å². The van der Waals surface area contributed by atoms with Gasteiger partial charge in [0.15, 0.2) is 0 Å². The molecule has 7 nitrogen and oxygen atoms in total. The molecule has 2 N–H and O–H groups in total. The van der Waals surface area contributed by atoms with Crippen molar-refractivity contribution in [2.45, 2.75) is 32.9 Å². The molecule has 0 unspecified atom stereocenters. The van der Waals surface area contributed by atoms with E-state index in [0.717, 1.165) is 5.39 Å². The summed E-state index contributed by atoms with van der Waals surface area (Å²) in [6.07, 6.45) is 2.99. The molecule has 0 fully saturated rings. The number of nitrogens with one attached hydrogen (secondary N) is 2. The highest BCUT2D eigenvalue weighted by Crippen LogP contribution is 2.20. The van der Waals surface area contributed by atoms with Crippen molar-refractivity contribution in [3.05, 3.63) is 77.3 Å². The third kappa shape index (κ3) is 6.61. The maximum absolute atomic E-state index is 13.7. The van der Waals surface area contributed by atoms with E-state index in [2.05, 4.69) is 15.7 Å². The SMILES string of the molecule is C[CH]C[C@@H](COC(=O)Nc1cc2cc(F)ccc2cn1)N(NCc1cccc(F)c1Cl)C(C)=O. The molecule has 0 saturated heterocycles. The van der Waals surface area contributed by atoms with Crippen molar-refractivity contribution in [1.82, 2.24) is 15.4 Å². The minimum Gasteiger partial charge on any atom is -0.447 e. The average molecular weight is 490 g/mol. The number of anilines is 1. The molecule has 1 heterocycles. The molecule has 3 aromatic rings. The van der Waals surface area contributed by atoms with Crippen LogP contribution in [0.3, 0.4) is 0 Å². The Balaban J connectivity index is 1.63. The van der Waals surface area contributed by atoms with Gasteiger partial charge in [0.05, 0.1) is 11.1 Å². The van der Waals surface area contributed by atoms with E-state index >= 15 is 0 Å². The monoisotopic (exact) mass is 489 g/mol. The summed E-state index contributed by atoms with van der Waals surface area (Å²) in [6.45, 7) is 3.15. The number of nitrogens with zero attached hydrogens (tertiary/aromatic N) is 2. The van der Waals surface area contributed by atoms with E-state index in [1.54, 1.807) is 12.1 Å².